The molecule has 0 aliphatic heterocycles. The summed E-state index contributed by atoms with van der Waals surface area (Å²) in [5, 5.41) is 5.94. The molecule has 1 N–H and O–H groups in total. The lowest BCUT2D eigenvalue weighted by molar-refractivity contribution is -0.141. The van der Waals surface area contributed by atoms with Gasteiger partial charge in [-0.15, -0.1) is 0 Å². The van der Waals surface area contributed by atoms with Gasteiger partial charge in [-0.2, -0.15) is 0 Å². The number of aryl methyl sites for hydroxylation is 1. The second-order valence-corrected chi connectivity index (χ2v) is 8.44. The fraction of sp³-hybridized carbons (Fsp3) is 0.333. The number of fused-ring (bicyclic) bond motifs is 1. The maximum absolute atomic E-state index is 13.4. The van der Waals surface area contributed by atoms with E-state index in [1.807, 2.05) is 56.3 Å². The van der Waals surface area contributed by atoms with Crippen molar-refractivity contribution in [2.24, 2.45) is 0 Å². The lowest BCUT2D eigenvalue weighted by Crippen LogP contribution is -2.49. The maximum Gasteiger partial charge on any atom is 0.242 e. The molecule has 0 spiro atoms. The van der Waals surface area contributed by atoms with Crippen molar-refractivity contribution in [2.45, 2.75) is 52.1 Å². The minimum absolute atomic E-state index is 0.0219. The van der Waals surface area contributed by atoms with Gasteiger partial charge in [0.2, 0.25) is 11.8 Å². The van der Waals surface area contributed by atoms with E-state index in [0.29, 0.717) is 37.4 Å². The van der Waals surface area contributed by atoms with Gasteiger partial charge in [0, 0.05) is 24.5 Å². The van der Waals surface area contributed by atoms with E-state index in [4.69, 9.17) is 11.6 Å². The second-order valence-electron chi connectivity index (χ2n) is 8.00. The molecule has 2 amide bonds. The Morgan fingerprint density at radius 1 is 0.969 bits per heavy atom. The molecule has 0 aromatic heterocycles. The van der Waals surface area contributed by atoms with Crippen LogP contribution >= 0.6 is 11.6 Å². The minimum atomic E-state index is -0.503. The Balaban J connectivity index is 1.81. The number of carbonyl (C=O) groups excluding carboxylic acids is 2. The Morgan fingerprint density at radius 3 is 2.41 bits per heavy atom. The average molecular weight is 451 g/mol. The molecule has 168 valence electrons. The van der Waals surface area contributed by atoms with Crippen LogP contribution in [0.3, 0.4) is 0 Å². The number of nitrogens with one attached hydrogen (secondary N) is 1. The molecule has 0 saturated carbocycles. The average Bonchev–Trinajstić information content (AvgIpc) is 2.82. The first kappa shape index (κ1) is 23.8. The molecule has 5 heteroatoms. The Hall–Kier alpha value is -2.85. The first-order valence-electron chi connectivity index (χ1n) is 11.3. The van der Waals surface area contributed by atoms with Crippen LogP contribution in [0.15, 0.2) is 66.7 Å². The Morgan fingerprint density at radius 2 is 1.69 bits per heavy atom. The molecule has 0 aliphatic rings. The predicted molar refractivity (Wildman–Crippen MR) is 132 cm³/mol. The first-order chi connectivity index (χ1) is 15.5. The van der Waals surface area contributed by atoms with E-state index in [1.165, 1.54) is 10.8 Å². The molecule has 0 heterocycles. The van der Waals surface area contributed by atoms with Gasteiger partial charge in [0.25, 0.3) is 0 Å². The molecule has 32 heavy (non-hydrogen) atoms. The fourth-order valence-corrected chi connectivity index (χ4v) is 4.09. The van der Waals surface area contributed by atoms with Crippen LogP contribution in [-0.4, -0.2) is 29.3 Å². The molecule has 0 unspecified atom stereocenters. The van der Waals surface area contributed by atoms with Crippen LogP contribution in [0.2, 0.25) is 5.02 Å². The summed E-state index contributed by atoms with van der Waals surface area (Å²) in [5.41, 5.74) is 2.10. The highest BCUT2D eigenvalue weighted by Gasteiger charge is 2.28. The molecule has 0 aliphatic carbocycles. The van der Waals surface area contributed by atoms with Crippen molar-refractivity contribution < 1.29 is 9.59 Å². The first-order valence-corrected chi connectivity index (χ1v) is 11.7. The van der Waals surface area contributed by atoms with Crippen molar-refractivity contribution >= 4 is 34.2 Å². The van der Waals surface area contributed by atoms with Gasteiger partial charge >= 0.3 is 0 Å². The SMILES string of the molecule is CCCNC(=O)[C@H](CC)N(Cc1ccc(Cl)cc1)C(=O)CCc1cccc2ccccc12. The van der Waals surface area contributed by atoms with Crippen molar-refractivity contribution in [3.63, 3.8) is 0 Å². The van der Waals surface area contributed by atoms with Gasteiger partial charge < -0.3 is 10.2 Å². The highest BCUT2D eigenvalue weighted by molar-refractivity contribution is 6.30. The van der Waals surface area contributed by atoms with Crippen molar-refractivity contribution in [3.05, 3.63) is 82.9 Å². The zero-order valence-electron chi connectivity index (χ0n) is 18.8. The number of hydrogen-bond donors (Lipinski definition) is 1. The third kappa shape index (κ3) is 6.10. The summed E-state index contributed by atoms with van der Waals surface area (Å²) in [6.07, 6.45) is 2.39. The van der Waals surface area contributed by atoms with Gasteiger partial charge in [0.05, 0.1) is 0 Å². The van der Waals surface area contributed by atoms with E-state index >= 15 is 0 Å². The van der Waals surface area contributed by atoms with Crippen molar-refractivity contribution in [2.75, 3.05) is 6.54 Å². The zero-order chi connectivity index (χ0) is 22.9. The normalized spacial score (nSPS) is 11.8. The van der Waals surface area contributed by atoms with Crippen molar-refractivity contribution in [1.82, 2.24) is 10.2 Å². The molecule has 0 fully saturated rings. The quantitative estimate of drug-likeness (QED) is 0.427. The van der Waals surface area contributed by atoms with E-state index < -0.39 is 6.04 Å². The monoisotopic (exact) mass is 450 g/mol. The van der Waals surface area contributed by atoms with Crippen LogP contribution in [0.4, 0.5) is 0 Å². The molecular formula is C27H31ClN2O2. The van der Waals surface area contributed by atoms with Crippen LogP contribution in [0.5, 0.6) is 0 Å². The second kappa shape index (κ2) is 11.7. The van der Waals surface area contributed by atoms with Gasteiger partial charge in [0.15, 0.2) is 0 Å². The summed E-state index contributed by atoms with van der Waals surface area (Å²) in [7, 11) is 0. The van der Waals surface area contributed by atoms with E-state index in [1.54, 1.807) is 4.90 Å². The summed E-state index contributed by atoms with van der Waals surface area (Å²) in [4.78, 5) is 28.0. The number of carbonyl (C=O) groups is 2. The fourth-order valence-electron chi connectivity index (χ4n) is 3.97. The predicted octanol–water partition coefficient (Wildman–Crippen LogP) is 5.76. The van der Waals surface area contributed by atoms with Crippen molar-refractivity contribution in [1.29, 1.82) is 0 Å². The molecule has 3 aromatic rings. The molecule has 1 atom stereocenters. The highest BCUT2D eigenvalue weighted by atomic mass is 35.5. The third-order valence-electron chi connectivity index (χ3n) is 5.69. The number of rotatable bonds is 10. The van der Waals surface area contributed by atoms with E-state index in [2.05, 4.69) is 29.6 Å². The van der Waals surface area contributed by atoms with Crippen LogP contribution in [0.25, 0.3) is 10.8 Å². The number of benzene rings is 3. The summed E-state index contributed by atoms with van der Waals surface area (Å²) in [5.74, 6) is -0.117. The van der Waals surface area contributed by atoms with Crippen LogP contribution in [-0.2, 0) is 22.6 Å². The lowest BCUT2D eigenvalue weighted by Gasteiger charge is -2.31. The molecule has 0 bridgehead atoms. The molecule has 3 rings (SSSR count). The molecule has 3 aromatic carbocycles. The van der Waals surface area contributed by atoms with Gasteiger partial charge in [-0.25, -0.2) is 0 Å². The number of hydrogen-bond acceptors (Lipinski definition) is 2. The largest absolute Gasteiger partial charge is 0.354 e. The smallest absolute Gasteiger partial charge is 0.242 e. The Bertz CT molecular complexity index is 1040. The zero-order valence-corrected chi connectivity index (χ0v) is 19.6. The van der Waals surface area contributed by atoms with Crippen LogP contribution in [0, 0.1) is 0 Å². The van der Waals surface area contributed by atoms with Crippen molar-refractivity contribution in [3.8, 4) is 0 Å². The lowest BCUT2D eigenvalue weighted by atomic mass is 10.00. The molecule has 0 radical (unpaired) electrons. The van der Waals surface area contributed by atoms with E-state index in [-0.39, 0.29) is 11.8 Å². The highest BCUT2D eigenvalue weighted by Crippen LogP contribution is 2.21. The molecule has 4 nitrogen and oxygen atoms in total. The van der Waals surface area contributed by atoms with Crippen LogP contribution < -0.4 is 5.32 Å². The summed E-state index contributed by atoms with van der Waals surface area (Å²) in [6, 6.07) is 21.3. The summed E-state index contributed by atoms with van der Waals surface area (Å²) in [6.45, 7) is 4.95. The van der Waals surface area contributed by atoms with Crippen LogP contribution in [0.1, 0.15) is 44.2 Å². The number of halogens is 1. The van der Waals surface area contributed by atoms with E-state index in [9.17, 15) is 9.59 Å². The Kier molecular flexibility index (Phi) is 8.69. The minimum Gasteiger partial charge on any atom is -0.354 e. The number of nitrogens with zero attached hydrogens (tertiary/aromatic N) is 1. The molecular weight excluding hydrogens is 420 g/mol. The van der Waals surface area contributed by atoms with Gasteiger partial charge in [-0.3, -0.25) is 9.59 Å². The van der Waals surface area contributed by atoms with Gasteiger partial charge in [-0.1, -0.05) is 80.0 Å². The van der Waals surface area contributed by atoms with Gasteiger partial charge in [0.1, 0.15) is 6.04 Å². The third-order valence-corrected chi connectivity index (χ3v) is 5.94. The Labute approximate surface area is 195 Å². The summed E-state index contributed by atoms with van der Waals surface area (Å²) >= 11 is 6.03. The maximum atomic E-state index is 13.4. The topological polar surface area (TPSA) is 49.4 Å². The molecule has 0 saturated heterocycles. The van der Waals surface area contributed by atoms with Gasteiger partial charge in [-0.05, 0) is 53.3 Å². The number of amides is 2. The standard InChI is InChI=1S/C27H31ClN2O2/c1-3-18-29-27(32)25(4-2)30(19-20-12-15-23(28)16-13-20)26(31)17-14-22-10-7-9-21-8-5-6-11-24(21)22/h5-13,15-16,25H,3-4,14,17-19H2,1-2H3,(H,29,32)/t25-/m0/s1. The summed E-state index contributed by atoms with van der Waals surface area (Å²) < 4.78 is 0. The van der Waals surface area contributed by atoms with E-state index in [0.717, 1.165) is 17.5 Å².